The van der Waals surface area contributed by atoms with Crippen molar-refractivity contribution in [3.8, 4) is 11.5 Å². The molecule has 0 spiro atoms. The van der Waals surface area contributed by atoms with E-state index in [1.165, 1.54) is 6.07 Å². The molecule has 1 aromatic heterocycles. The molecule has 0 bridgehead atoms. The summed E-state index contributed by atoms with van der Waals surface area (Å²) in [6.07, 6.45) is 3.36. The van der Waals surface area contributed by atoms with Gasteiger partial charge in [-0.3, -0.25) is 0 Å². The third-order valence-corrected chi connectivity index (χ3v) is 4.85. The van der Waals surface area contributed by atoms with E-state index in [4.69, 9.17) is 9.47 Å². The van der Waals surface area contributed by atoms with Crippen LogP contribution in [0.3, 0.4) is 0 Å². The van der Waals surface area contributed by atoms with Gasteiger partial charge in [-0.05, 0) is 30.7 Å². The van der Waals surface area contributed by atoms with Gasteiger partial charge in [0.1, 0.15) is 17.7 Å². The largest absolute Gasteiger partial charge is 0.454 e. The highest BCUT2D eigenvalue weighted by Crippen LogP contribution is 2.34. The topological polar surface area (TPSA) is 77.4 Å². The lowest BCUT2D eigenvalue weighted by Crippen LogP contribution is -2.40. The minimum absolute atomic E-state index is 0.190. The first kappa shape index (κ1) is 18.8. The lowest BCUT2D eigenvalue weighted by atomic mass is 10.1. The Morgan fingerprint density at radius 1 is 1.17 bits per heavy atom. The van der Waals surface area contributed by atoms with Crippen molar-refractivity contribution in [2.45, 2.75) is 19.0 Å². The van der Waals surface area contributed by atoms with Crippen LogP contribution in [0, 0.1) is 5.82 Å². The molecule has 2 aromatic carbocycles. The van der Waals surface area contributed by atoms with Gasteiger partial charge in [-0.25, -0.2) is 14.2 Å². The van der Waals surface area contributed by atoms with E-state index in [1.807, 2.05) is 25.1 Å². The molecule has 2 atom stereocenters. The fraction of sp³-hybridized carbons (Fsp3) is 0.238. The van der Waals surface area contributed by atoms with Crippen LogP contribution in [0.1, 0.15) is 36.0 Å². The van der Waals surface area contributed by atoms with Crippen molar-refractivity contribution in [1.82, 2.24) is 20.2 Å². The van der Waals surface area contributed by atoms with Gasteiger partial charge in [-0.15, -0.1) is 0 Å². The van der Waals surface area contributed by atoms with E-state index >= 15 is 0 Å². The molecule has 0 aliphatic carbocycles. The second kappa shape index (κ2) is 7.83. The Morgan fingerprint density at radius 2 is 1.97 bits per heavy atom. The molecule has 150 valence electrons. The number of benzene rings is 2. The molecule has 8 heteroatoms. The number of urea groups is 1. The number of fused-ring (bicyclic) bond motifs is 1. The number of nitrogens with zero attached hydrogens (tertiary/aromatic N) is 2. The Morgan fingerprint density at radius 3 is 2.72 bits per heavy atom. The Hall–Kier alpha value is -3.55. The quantitative estimate of drug-likeness (QED) is 0.693. The number of halogens is 1. The summed E-state index contributed by atoms with van der Waals surface area (Å²) in [6.45, 7) is 2.05. The minimum Gasteiger partial charge on any atom is -0.454 e. The van der Waals surface area contributed by atoms with Crippen LogP contribution in [0.2, 0.25) is 0 Å². The molecular formula is C21H21FN4O3. The van der Waals surface area contributed by atoms with E-state index < -0.39 is 17.9 Å². The average Bonchev–Trinajstić information content (AvgIpc) is 3.34. The number of aromatic nitrogens is 2. The Labute approximate surface area is 167 Å². The lowest BCUT2D eigenvalue weighted by molar-refractivity contribution is 0.174. The second-order valence-corrected chi connectivity index (χ2v) is 6.80. The molecule has 0 unspecified atom stereocenters. The molecule has 0 radical (unpaired) electrons. The highest BCUT2D eigenvalue weighted by Gasteiger charge is 2.24. The molecule has 2 N–H and O–H groups in total. The SMILES string of the molecule is C[C@@H](NC(=O)N[C@@H](c1ccccc1F)c1nccn1C)c1ccc2c(c1)OCO2. The standard InChI is InChI=1S/C21H21FN4O3/c1-13(14-7-8-17-18(11-14)29-12-28-17)24-21(27)25-19(20-23-9-10-26(20)2)15-5-3-4-6-16(15)22/h3-11,13,19H,12H2,1-2H3,(H2,24,25,27)/t13-,19+/m1/s1. The van der Waals surface area contributed by atoms with Crippen LogP contribution in [0.25, 0.3) is 0 Å². The van der Waals surface area contributed by atoms with Crippen molar-refractivity contribution in [2.24, 2.45) is 7.05 Å². The molecular weight excluding hydrogens is 375 g/mol. The molecule has 2 amide bonds. The number of amides is 2. The van der Waals surface area contributed by atoms with Gasteiger partial charge in [0.05, 0.1) is 6.04 Å². The number of hydrogen-bond donors (Lipinski definition) is 2. The normalized spacial score (nSPS) is 14.3. The number of aryl methyl sites for hydroxylation is 1. The third kappa shape index (κ3) is 3.87. The van der Waals surface area contributed by atoms with Gasteiger partial charge < -0.3 is 24.7 Å². The van der Waals surface area contributed by atoms with Crippen LogP contribution in [0.5, 0.6) is 11.5 Å². The van der Waals surface area contributed by atoms with Gasteiger partial charge in [0.25, 0.3) is 0 Å². The summed E-state index contributed by atoms with van der Waals surface area (Å²) in [5.41, 5.74) is 1.21. The first-order valence-corrected chi connectivity index (χ1v) is 9.21. The Bertz CT molecular complexity index is 1040. The first-order valence-electron chi connectivity index (χ1n) is 9.21. The maximum atomic E-state index is 14.4. The number of carbonyl (C=O) groups is 1. The van der Waals surface area contributed by atoms with Crippen LogP contribution >= 0.6 is 0 Å². The summed E-state index contributed by atoms with van der Waals surface area (Å²) in [6, 6.07) is 10.4. The van der Waals surface area contributed by atoms with E-state index in [2.05, 4.69) is 15.6 Å². The van der Waals surface area contributed by atoms with Crippen molar-refractivity contribution in [1.29, 1.82) is 0 Å². The van der Waals surface area contributed by atoms with Crippen LogP contribution < -0.4 is 20.1 Å². The first-order chi connectivity index (χ1) is 14.0. The van der Waals surface area contributed by atoms with Gasteiger partial charge in [-0.1, -0.05) is 24.3 Å². The summed E-state index contributed by atoms with van der Waals surface area (Å²) < 4.78 is 26.9. The zero-order valence-electron chi connectivity index (χ0n) is 16.1. The number of carbonyl (C=O) groups excluding carboxylic acids is 1. The highest BCUT2D eigenvalue weighted by molar-refractivity contribution is 5.75. The Balaban J connectivity index is 1.52. The van der Waals surface area contributed by atoms with Crippen LogP contribution in [0.4, 0.5) is 9.18 Å². The van der Waals surface area contributed by atoms with Gasteiger partial charge in [0.15, 0.2) is 11.5 Å². The summed E-state index contributed by atoms with van der Waals surface area (Å²) >= 11 is 0. The molecule has 0 fully saturated rings. The van der Waals surface area contributed by atoms with Crippen LogP contribution in [-0.4, -0.2) is 22.4 Å². The number of ether oxygens (including phenoxy) is 2. The maximum Gasteiger partial charge on any atom is 0.316 e. The molecule has 1 aliphatic heterocycles. The zero-order valence-corrected chi connectivity index (χ0v) is 16.1. The van der Waals surface area contributed by atoms with Crippen molar-refractivity contribution >= 4 is 6.03 Å². The van der Waals surface area contributed by atoms with Crippen LogP contribution in [-0.2, 0) is 7.05 Å². The van der Waals surface area contributed by atoms with E-state index in [1.54, 1.807) is 42.2 Å². The molecule has 2 heterocycles. The summed E-state index contributed by atoms with van der Waals surface area (Å²) in [5, 5.41) is 5.72. The number of rotatable bonds is 5. The number of nitrogens with one attached hydrogen (secondary N) is 2. The zero-order chi connectivity index (χ0) is 20.4. The van der Waals surface area contributed by atoms with Crippen molar-refractivity contribution in [2.75, 3.05) is 6.79 Å². The number of imidazole rings is 1. The lowest BCUT2D eigenvalue weighted by Gasteiger charge is -2.22. The van der Waals surface area contributed by atoms with Crippen LogP contribution in [0.15, 0.2) is 54.9 Å². The molecule has 3 aromatic rings. The Kier molecular flexibility index (Phi) is 5.07. The second-order valence-electron chi connectivity index (χ2n) is 6.80. The van der Waals surface area contributed by atoms with Crippen molar-refractivity contribution in [3.05, 3.63) is 77.6 Å². The highest BCUT2D eigenvalue weighted by atomic mass is 19.1. The van der Waals surface area contributed by atoms with Crippen molar-refractivity contribution < 1.29 is 18.7 Å². The van der Waals surface area contributed by atoms with Gasteiger partial charge in [-0.2, -0.15) is 0 Å². The van der Waals surface area contributed by atoms with E-state index in [0.717, 1.165) is 5.56 Å². The molecule has 4 rings (SSSR count). The summed E-state index contributed by atoms with van der Waals surface area (Å²) in [7, 11) is 1.80. The molecule has 1 aliphatic rings. The van der Waals surface area contributed by atoms with E-state index in [-0.39, 0.29) is 12.8 Å². The summed E-state index contributed by atoms with van der Waals surface area (Å²) in [4.78, 5) is 17.0. The predicted molar refractivity (Wildman–Crippen MR) is 104 cm³/mol. The van der Waals surface area contributed by atoms with Crippen molar-refractivity contribution in [3.63, 3.8) is 0 Å². The van der Waals surface area contributed by atoms with E-state index in [0.29, 0.717) is 22.9 Å². The predicted octanol–water partition coefficient (Wildman–Crippen LogP) is 3.44. The smallest absolute Gasteiger partial charge is 0.316 e. The monoisotopic (exact) mass is 396 g/mol. The van der Waals surface area contributed by atoms with Gasteiger partial charge in [0.2, 0.25) is 6.79 Å². The third-order valence-electron chi connectivity index (χ3n) is 4.85. The fourth-order valence-corrected chi connectivity index (χ4v) is 3.28. The average molecular weight is 396 g/mol. The molecule has 7 nitrogen and oxygen atoms in total. The molecule has 0 saturated carbocycles. The van der Waals surface area contributed by atoms with Gasteiger partial charge in [0, 0.05) is 25.0 Å². The summed E-state index contributed by atoms with van der Waals surface area (Å²) in [5.74, 6) is 1.44. The maximum absolute atomic E-state index is 14.4. The molecule has 0 saturated heterocycles. The fourth-order valence-electron chi connectivity index (χ4n) is 3.28. The number of hydrogen-bond acceptors (Lipinski definition) is 4. The minimum atomic E-state index is -0.736. The van der Waals surface area contributed by atoms with E-state index in [9.17, 15) is 9.18 Å². The van der Waals surface area contributed by atoms with Gasteiger partial charge >= 0.3 is 6.03 Å². The molecule has 29 heavy (non-hydrogen) atoms.